The van der Waals surface area contributed by atoms with Crippen molar-refractivity contribution in [1.29, 1.82) is 0 Å². The summed E-state index contributed by atoms with van der Waals surface area (Å²) in [5, 5.41) is 2.56. The Balaban J connectivity index is 1.80. The quantitative estimate of drug-likeness (QED) is 0.807. The van der Waals surface area contributed by atoms with Crippen molar-refractivity contribution < 1.29 is 18.0 Å². The number of nitrogens with one attached hydrogen (secondary N) is 1. The van der Waals surface area contributed by atoms with E-state index in [0.717, 1.165) is 11.9 Å². The monoisotopic (exact) mass is 429 g/mol. The summed E-state index contributed by atoms with van der Waals surface area (Å²) in [6.07, 6.45) is 1.06. The van der Waals surface area contributed by atoms with Crippen LogP contribution < -0.4 is 10.2 Å². The number of hydrogen-bond acceptors (Lipinski definition) is 5. The van der Waals surface area contributed by atoms with E-state index in [4.69, 9.17) is 0 Å². The van der Waals surface area contributed by atoms with Gasteiger partial charge in [0.15, 0.2) is 9.84 Å². The van der Waals surface area contributed by atoms with Crippen LogP contribution in [0.15, 0.2) is 41.3 Å². The third-order valence-corrected chi connectivity index (χ3v) is 6.33. The smallest absolute Gasteiger partial charge is 0.255 e. The molecule has 8 heteroatoms. The summed E-state index contributed by atoms with van der Waals surface area (Å²) in [6.45, 7) is 7.83. The zero-order chi connectivity index (χ0) is 22.1. The van der Waals surface area contributed by atoms with E-state index in [1.165, 1.54) is 30.2 Å². The van der Waals surface area contributed by atoms with E-state index in [1.54, 1.807) is 11.0 Å². The second kappa shape index (κ2) is 8.47. The second-order valence-electron chi connectivity index (χ2n) is 7.73. The van der Waals surface area contributed by atoms with Crippen LogP contribution >= 0.6 is 0 Å². The Labute approximate surface area is 177 Å². The Morgan fingerprint density at radius 3 is 2.20 bits per heavy atom. The highest BCUT2D eigenvalue weighted by Crippen LogP contribution is 2.25. The molecular weight excluding hydrogens is 402 g/mol. The molecule has 1 heterocycles. The number of rotatable bonds is 4. The number of anilines is 2. The number of aryl methyl sites for hydroxylation is 2. The SMILES string of the molecule is CC(=O)Nc1ccc(C(=O)N2CCN(c3ccc(C)cc3C)CC2)c(S(C)(=O)=O)c1. The normalized spacial score (nSPS) is 14.5. The number of amides is 2. The molecule has 0 atom stereocenters. The van der Waals surface area contributed by atoms with Gasteiger partial charge in [-0.1, -0.05) is 17.7 Å². The Kier molecular flexibility index (Phi) is 6.17. The molecule has 1 saturated heterocycles. The maximum Gasteiger partial charge on any atom is 0.255 e. The molecule has 0 aromatic heterocycles. The number of benzene rings is 2. The van der Waals surface area contributed by atoms with E-state index in [9.17, 15) is 18.0 Å². The number of piperazine rings is 1. The maximum absolute atomic E-state index is 13.1. The van der Waals surface area contributed by atoms with Gasteiger partial charge >= 0.3 is 0 Å². The molecule has 2 amide bonds. The Morgan fingerprint density at radius 2 is 1.63 bits per heavy atom. The van der Waals surface area contributed by atoms with Gasteiger partial charge in [0, 0.05) is 50.7 Å². The summed E-state index contributed by atoms with van der Waals surface area (Å²) < 4.78 is 24.6. The van der Waals surface area contributed by atoms with Crippen LogP contribution in [-0.2, 0) is 14.6 Å². The van der Waals surface area contributed by atoms with Crippen molar-refractivity contribution in [1.82, 2.24) is 4.90 Å². The van der Waals surface area contributed by atoms with Gasteiger partial charge in [-0.25, -0.2) is 8.42 Å². The Morgan fingerprint density at radius 1 is 0.967 bits per heavy atom. The molecule has 1 aliphatic heterocycles. The first-order valence-electron chi connectivity index (χ1n) is 9.79. The van der Waals surface area contributed by atoms with E-state index < -0.39 is 9.84 Å². The van der Waals surface area contributed by atoms with Crippen LogP contribution in [0.1, 0.15) is 28.4 Å². The molecule has 160 valence electrons. The summed E-state index contributed by atoms with van der Waals surface area (Å²) >= 11 is 0. The number of carbonyl (C=O) groups is 2. The molecule has 1 fully saturated rings. The molecule has 30 heavy (non-hydrogen) atoms. The van der Waals surface area contributed by atoms with Gasteiger partial charge in [0.05, 0.1) is 10.5 Å². The van der Waals surface area contributed by atoms with Crippen LogP contribution in [0.25, 0.3) is 0 Å². The van der Waals surface area contributed by atoms with Crippen LogP contribution in [0.5, 0.6) is 0 Å². The first-order chi connectivity index (χ1) is 14.1. The number of hydrogen-bond donors (Lipinski definition) is 1. The van der Waals surface area contributed by atoms with Crippen molar-refractivity contribution in [3.05, 3.63) is 53.1 Å². The zero-order valence-corrected chi connectivity index (χ0v) is 18.5. The average molecular weight is 430 g/mol. The van der Waals surface area contributed by atoms with Gasteiger partial charge in [0.25, 0.3) is 5.91 Å². The lowest BCUT2D eigenvalue weighted by Crippen LogP contribution is -2.49. The van der Waals surface area contributed by atoms with Crippen LogP contribution in [0.3, 0.4) is 0 Å². The molecule has 2 aromatic carbocycles. The van der Waals surface area contributed by atoms with Crippen molar-refractivity contribution in [2.45, 2.75) is 25.7 Å². The maximum atomic E-state index is 13.1. The standard InChI is InChI=1S/C22H27N3O4S/c1-15-5-8-20(16(2)13-15)24-9-11-25(12-10-24)22(27)19-7-6-18(23-17(3)26)14-21(19)30(4,28)29/h5-8,13-14H,9-12H2,1-4H3,(H,23,26). The molecule has 0 unspecified atom stereocenters. The van der Waals surface area contributed by atoms with E-state index >= 15 is 0 Å². The fourth-order valence-corrected chi connectivity index (χ4v) is 4.66. The minimum atomic E-state index is -3.65. The van der Waals surface area contributed by atoms with Crippen molar-refractivity contribution in [2.75, 3.05) is 42.7 Å². The van der Waals surface area contributed by atoms with Gasteiger partial charge in [0.2, 0.25) is 5.91 Å². The van der Waals surface area contributed by atoms with Crippen molar-refractivity contribution in [2.24, 2.45) is 0 Å². The van der Waals surface area contributed by atoms with Crippen LogP contribution in [0, 0.1) is 13.8 Å². The van der Waals surface area contributed by atoms with Gasteiger partial charge in [-0.15, -0.1) is 0 Å². The molecule has 3 rings (SSSR count). The summed E-state index contributed by atoms with van der Waals surface area (Å²) in [7, 11) is -3.65. The van der Waals surface area contributed by atoms with Gasteiger partial charge < -0.3 is 15.1 Å². The van der Waals surface area contributed by atoms with Gasteiger partial charge in [-0.3, -0.25) is 9.59 Å². The van der Waals surface area contributed by atoms with Crippen LogP contribution in [-0.4, -0.2) is 57.6 Å². The Hall–Kier alpha value is -2.87. The molecular formula is C22H27N3O4S. The first kappa shape index (κ1) is 21.8. The molecule has 2 aromatic rings. The van der Waals surface area contributed by atoms with Crippen LogP contribution in [0.2, 0.25) is 0 Å². The van der Waals surface area contributed by atoms with Gasteiger partial charge in [-0.05, 0) is 43.7 Å². The van der Waals surface area contributed by atoms with E-state index in [0.29, 0.717) is 31.9 Å². The lowest BCUT2D eigenvalue weighted by atomic mass is 10.1. The van der Waals surface area contributed by atoms with Crippen molar-refractivity contribution >= 4 is 33.0 Å². The summed E-state index contributed by atoms with van der Waals surface area (Å²) in [6, 6.07) is 10.7. The van der Waals surface area contributed by atoms with E-state index in [2.05, 4.69) is 42.3 Å². The largest absolute Gasteiger partial charge is 0.368 e. The minimum absolute atomic E-state index is 0.0736. The molecule has 7 nitrogen and oxygen atoms in total. The fraction of sp³-hybridized carbons (Fsp3) is 0.364. The third-order valence-electron chi connectivity index (χ3n) is 5.19. The summed E-state index contributed by atoms with van der Waals surface area (Å²) in [5.74, 6) is -0.624. The molecule has 1 N–H and O–H groups in total. The zero-order valence-electron chi connectivity index (χ0n) is 17.7. The van der Waals surface area contributed by atoms with Gasteiger partial charge in [-0.2, -0.15) is 0 Å². The van der Waals surface area contributed by atoms with E-state index in [-0.39, 0.29) is 22.3 Å². The summed E-state index contributed by atoms with van der Waals surface area (Å²) in [5.41, 5.74) is 4.04. The minimum Gasteiger partial charge on any atom is -0.368 e. The van der Waals surface area contributed by atoms with E-state index in [1.807, 2.05) is 0 Å². The fourth-order valence-electron chi connectivity index (χ4n) is 3.77. The second-order valence-corrected chi connectivity index (χ2v) is 9.72. The average Bonchev–Trinajstić information content (AvgIpc) is 2.66. The summed E-state index contributed by atoms with van der Waals surface area (Å²) in [4.78, 5) is 28.3. The number of sulfone groups is 1. The molecule has 1 aliphatic rings. The topological polar surface area (TPSA) is 86.8 Å². The molecule has 0 aliphatic carbocycles. The predicted octanol–water partition coefficient (Wildman–Crippen LogP) is 2.63. The van der Waals surface area contributed by atoms with Crippen molar-refractivity contribution in [3.63, 3.8) is 0 Å². The molecule has 0 radical (unpaired) electrons. The molecule has 0 bridgehead atoms. The lowest BCUT2D eigenvalue weighted by Gasteiger charge is -2.37. The van der Waals surface area contributed by atoms with Gasteiger partial charge in [0.1, 0.15) is 0 Å². The third kappa shape index (κ3) is 4.81. The first-order valence-corrected chi connectivity index (χ1v) is 11.7. The highest BCUT2D eigenvalue weighted by atomic mass is 32.2. The molecule has 0 saturated carbocycles. The van der Waals surface area contributed by atoms with Crippen LogP contribution in [0.4, 0.5) is 11.4 Å². The highest BCUT2D eigenvalue weighted by Gasteiger charge is 2.27. The lowest BCUT2D eigenvalue weighted by molar-refractivity contribution is -0.114. The number of carbonyl (C=O) groups excluding carboxylic acids is 2. The molecule has 0 spiro atoms. The highest BCUT2D eigenvalue weighted by molar-refractivity contribution is 7.90. The Bertz CT molecular complexity index is 1090. The predicted molar refractivity (Wildman–Crippen MR) is 118 cm³/mol. The van der Waals surface area contributed by atoms with Crippen molar-refractivity contribution in [3.8, 4) is 0 Å². The number of nitrogens with zero attached hydrogens (tertiary/aromatic N) is 2.